The van der Waals surface area contributed by atoms with Crippen molar-refractivity contribution in [2.45, 2.75) is 31.6 Å². The Morgan fingerprint density at radius 3 is 2.55 bits per heavy atom. The van der Waals surface area contributed by atoms with Gasteiger partial charge in [-0.05, 0) is 36.1 Å². The van der Waals surface area contributed by atoms with Crippen LogP contribution in [0.4, 0.5) is 0 Å². The smallest absolute Gasteiger partial charge is 0.248 e. The second-order valence-electron chi connectivity index (χ2n) is 8.40. The number of H-pyrrole nitrogens is 1. The molecular weight excluding hydrogens is 442 g/mol. The van der Waals surface area contributed by atoms with Gasteiger partial charge in [-0.15, -0.1) is 0 Å². The van der Waals surface area contributed by atoms with Crippen LogP contribution in [0.15, 0.2) is 59.4 Å². The van der Waals surface area contributed by atoms with Crippen molar-refractivity contribution >= 4 is 20.9 Å². The zero-order chi connectivity index (χ0) is 23.4. The topological polar surface area (TPSA) is 112 Å². The number of pyridine rings is 1. The fraction of sp³-hybridized carbons (Fsp3) is 0.375. The number of piperidine rings is 1. The van der Waals surface area contributed by atoms with E-state index in [1.54, 1.807) is 12.1 Å². The lowest BCUT2D eigenvalue weighted by Gasteiger charge is -2.31. The average molecular weight is 472 g/mol. The second kappa shape index (κ2) is 10.0. The molecule has 1 fully saturated rings. The van der Waals surface area contributed by atoms with Crippen LogP contribution in [0.1, 0.15) is 30.1 Å². The first-order valence-corrected chi connectivity index (χ1v) is 12.9. The molecule has 0 bridgehead atoms. The van der Waals surface area contributed by atoms with E-state index >= 15 is 0 Å². The summed E-state index contributed by atoms with van der Waals surface area (Å²) in [6, 6.07) is 16.6. The molecule has 0 saturated carbocycles. The van der Waals surface area contributed by atoms with Gasteiger partial charge in [0.15, 0.2) is 0 Å². The molecule has 3 aromatic rings. The van der Waals surface area contributed by atoms with Gasteiger partial charge in [-0.1, -0.05) is 36.4 Å². The highest BCUT2D eigenvalue weighted by Gasteiger charge is 2.25. The first-order valence-electron chi connectivity index (χ1n) is 11.0. The Kier molecular flexibility index (Phi) is 7.14. The molecule has 0 radical (unpaired) electrons. The summed E-state index contributed by atoms with van der Waals surface area (Å²) in [4.78, 5) is 14.8. The normalized spacial score (nSPS) is 16.7. The van der Waals surface area contributed by atoms with Crippen molar-refractivity contribution in [3.8, 4) is 5.75 Å². The number of benzene rings is 2. The minimum Gasteiger partial charge on any atom is -0.487 e. The summed E-state index contributed by atoms with van der Waals surface area (Å²) in [7, 11) is -3.16. The van der Waals surface area contributed by atoms with Crippen molar-refractivity contribution in [1.29, 1.82) is 0 Å². The number of aromatic amines is 1. The van der Waals surface area contributed by atoms with Gasteiger partial charge in [-0.3, -0.25) is 4.79 Å². The quantitative estimate of drug-likeness (QED) is 0.464. The third-order valence-corrected chi connectivity index (χ3v) is 7.31. The summed E-state index contributed by atoms with van der Waals surface area (Å²) in [5.41, 5.74) is 2.01. The fourth-order valence-corrected chi connectivity index (χ4v) is 5.05. The van der Waals surface area contributed by atoms with E-state index in [0.29, 0.717) is 55.9 Å². The second-order valence-corrected chi connectivity index (χ2v) is 10.4. The van der Waals surface area contributed by atoms with E-state index in [0.717, 1.165) is 10.9 Å². The highest BCUT2D eigenvalue weighted by molar-refractivity contribution is 7.88. The van der Waals surface area contributed by atoms with E-state index in [1.165, 1.54) is 16.6 Å². The van der Waals surface area contributed by atoms with Crippen molar-refractivity contribution in [2.24, 2.45) is 0 Å². The van der Waals surface area contributed by atoms with Crippen LogP contribution in [0.5, 0.6) is 5.75 Å². The van der Waals surface area contributed by atoms with Crippen LogP contribution in [0.2, 0.25) is 0 Å². The molecule has 2 heterocycles. The Hall–Kier alpha value is -2.72. The maximum Gasteiger partial charge on any atom is 0.248 e. The van der Waals surface area contributed by atoms with Crippen molar-refractivity contribution < 1.29 is 18.3 Å². The summed E-state index contributed by atoms with van der Waals surface area (Å²) in [5.74, 6) is 0.545. The number of aliphatic hydroxyl groups excluding tert-OH is 1. The summed E-state index contributed by atoms with van der Waals surface area (Å²) in [6.07, 6.45) is 1.82. The molecule has 2 aromatic carbocycles. The number of hydrogen-bond acceptors (Lipinski definition) is 6. The number of rotatable bonds is 8. The van der Waals surface area contributed by atoms with Gasteiger partial charge in [0, 0.05) is 37.1 Å². The highest BCUT2D eigenvalue weighted by Crippen LogP contribution is 2.30. The summed E-state index contributed by atoms with van der Waals surface area (Å²) in [5, 5.41) is 15.0. The van der Waals surface area contributed by atoms with Crippen LogP contribution in [0.25, 0.3) is 10.9 Å². The Balaban J connectivity index is 1.46. The standard InChI is InChI=1S/C24H29N3O5S/c1-33(30,31)27-13-11-18(12-14-27)25-15-21(28)19-7-9-22(24-20(19)8-10-23(29)26-24)32-16-17-5-3-2-4-6-17/h2-10,18,21,25,28H,11-16H2,1H3,(H,26,29). The van der Waals surface area contributed by atoms with Crippen LogP contribution in [0.3, 0.4) is 0 Å². The maximum atomic E-state index is 12.0. The molecular formula is C24H29N3O5S. The minimum absolute atomic E-state index is 0.136. The van der Waals surface area contributed by atoms with Crippen molar-refractivity contribution in [1.82, 2.24) is 14.6 Å². The molecule has 33 heavy (non-hydrogen) atoms. The number of fused-ring (bicyclic) bond motifs is 1. The first-order chi connectivity index (χ1) is 15.8. The van der Waals surface area contributed by atoms with Gasteiger partial charge in [-0.2, -0.15) is 0 Å². The fourth-order valence-electron chi connectivity index (χ4n) is 4.17. The molecule has 9 heteroatoms. The van der Waals surface area contributed by atoms with Crippen LogP contribution in [-0.4, -0.2) is 54.7 Å². The van der Waals surface area contributed by atoms with Crippen molar-refractivity contribution in [3.63, 3.8) is 0 Å². The lowest BCUT2D eigenvalue weighted by Crippen LogP contribution is -2.45. The van der Waals surface area contributed by atoms with Gasteiger partial charge >= 0.3 is 0 Å². The predicted octanol–water partition coefficient (Wildman–Crippen LogP) is 2.15. The van der Waals surface area contributed by atoms with E-state index in [4.69, 9.17) is 4.74 Å². The Labute approximate surface area is 193 Å². The number of ether oxygens (including phenoxy) is 1. The number of nitrogens with zero attached hydrogens (tertiary/aromatic N) is 1. The largest absolute Gasteiger partial charge is 0.487 e. The predicted molar refractivity (Wildman–Crippen MR) is 128 cm³/mol. The van der Waals surface area contributed by atoms with Gasteiger partial charge in [0.1, 0.15) is 12.4 Å². The number of aliphatic hydroxyl groups is 1. The Morgan fingerprint density at radius 2 is 1.85 bits per heavy atom. The van der Waals surface area contributed by atoms with Gasteiger partial charge in [0.2, 0.25) is 15.6 Å². The van der Waals surface area contributed by atoms with Crippen LogP contribution in [-0.2, 0) is 16.6 Å². The average Bonchev–Trinajstić information content (AvgIpc) is 2.81. The zero-order valence-corrected chi connectivity index (χ0v) is 19.3. The molecule has 176 valence electrons. The molecule has 1 unspecified atom stereocenters. The molecule has 0 amide bonds. The molecule has 1 atom stereocenters. The Morgan fingerprint density at radius 1 is 1.12 bits per heavy atom. The third-order valence-electron chi connectivity index (χ3n) is 6.01. The zero-order valence-electron chi connectivity index (χ0n) is 18.5. The lowest BCUT2D eigenvalue weighted by atomic mass is 10.0. The molecule has 1 aliphatic rings. The molecule has 0 spiro atoms. The number of aromatic nitrogens is 1. The Bertz CT molecular complexity index is 1250. The number of nitrogens with one attached hydrogen (secondary N) is 2. The molecule has 1 aliphatic heterocycles. The summed E-state index contributed by atoms with van der Waals surface area (Å²) >= 11 is 0. The summed E-state index contributed by atoms with van der Waals surface area (Å²) < 4.78 is 30.8. The van der Waals surface area contributed by atoms with E-state index in [2.05, 4.69) is 10.3 Å². The van der Waals surface area contributed by atoms with Crippen molar-refractivity contribution in [2.75, 3.05) is 25.9 Å². The van der Waals surface area contributed by atoms with Crippen LogP contribution < -0.4 is 15.6 Å². The molecule has 1 aromatic heterocycles. The summed E-state index contributed by atoms with van der Waals surface area (Å²) in [6.45, 7) is 1.64. The monoisotopic (exact) mass is 471 g/mol. The van der Waals surface area contributed by atoms with Gasteiger partial charge in [0.25, 0.3) is 0 Å². The highest BCUT2D eigenvalue weighted by atomic mass is 32.2. The molecule has 1 saturated heterocycles. The maximum absolute atomic E-state index is 12.0. The lowest BCUT2D eigenvalue weighted by molar-refractivity contribution is 0.164. The van der Waals surface area contributed by atoms with E-state index < -0.39 is 16.1 Å². The van der Waals surface area contributed by atoms with Crippen LogP contribution >= 0.6 is 0 Å². The minimum atomic E-state index is -3.16. The SMILES string of the molecule is CS(=O)(=O)N1CCC(NCC(O)c2ccc(OCc3ccccc3)c3[nH]c(=O)ccc23)CC1. The third kappa shape index (κ3) is 5.80. The van der Waals surface area contributed by atoms with E-state index in [1.807, 2.05) is 36.4 Å². The van der Waals surface area contributed by atoms with Crippen LogP contribution in [0, 0.1) is 0 Å². The van der Waals surface area contributed by atoms with Crippen molar-refractivity contribution in [3.05, 3.63) is 76.1 Å². The number of hydrogen-bond donors (Lipinski definition) is 3. The molecule has 4 rings (SSSR count). The van der Waals surface area contributed by atoms with E-state index in [-0.39, 0.29) is 11.6 Å². The molecule has 0 aliphatic carbocycles. The first kappa shape index (κ1) is 23.4. The van der Waals surface area contributed by atoms with Gasteiger partial charge in [-0.25, -0.2) is 12.7 Å². The van der Waals surface area contributed by atoms with E-state index in [9.17, 15) is 18.3 Å². The number of sulfonamides is 1. The molecule has 3 N–H and O–H groups in total. The van der Waals surface area contributed by atoms with Gasteiger partial charge < -0.3 is 20.1 Å². The van der Waals surface area contributed by atoms with Gasteiger partial charge in [0.05, 0.1) is 17.9 Å². The molecule has 8 nitrogen and oxygen atoms in total.